The van der Waals surface area contributed by atoms with Gasteiger partial charge in [0.2, 0.25) is 0 Å². The predicted molar refractivity (Wildman–Crippen MR) is 70.7 cm³/mol. The van der Waals surface area contributed by atoms with Crippen LogP contribution in [0.4, 0.5) is 0 Å². The number of rotatable bonds is 4. The Morgan fingerprint density at radius 2 is 2.33 bits per heavy atom. The van der Waals surface area contributed by atoms with Crippen molar-refractivity contribution in [1.82, 2.24) is 18.8 Å². The van der Waals surface area contributed by atoms with E-state index in [1.807, 2.05) is 0 Å². The summed E-state index contributed by atoms with van der Waals surface area (Å²) in [5.41, 5.74) is 1.60. The molecule has 3 rings (SSSR count). The topological polar surface area (TPSA) is 114 Å². The first-order valence-electron chi connectivity index (χ1n) is 6.59. The second kappa shape index (κ2) is 5.37. The van der Waals surface area contributed by atoms with Gasteiger partial charge >= 0.3 is 16.2 Å². The monoisotopic (exact) mass is 316 g/mol. The van der Waals surface area contributed by atoms with Gasteiger partial charge in [-0.1, -0.05) is 0 Å². The zero-order chi connectivity index (χ0) is 15.0. The van der Waals surface area contributed by atoms with Crippen molar-refractivity contribution >= 4 is 16.2 Å². The first-order chi connectivity index (χ1) is 9.96. The van der Waals surface area contributed by atoms with Gasteiger partial charge in [-0.15, -0.1) is 0 Å². The lowest BCUT2D eigenvalue weighted by Gasteiger charge is -2.31. The molecule has 2 aliphatic rings. The second-order valence-electron chi connectivity index (χ2n) is 5.03. The third-order valence-electron chi connectivity index (χ3n) is 3.53. The highest BCUT2D eigenvalue weighted by atomic mass is 32.2. The molecule has 1 atom stereocenters. The summed E-state index contributed by atoms with van der Waals surface area (Å²) in [5.74, 6) is -1.01. The Labute approximate surface area is 121 Å². The standard InChI is InChI=1S/C11H16N4O5S/c16-11(17)3-9-7-14(1-2-20-9)21(18,19)15-6-8-4-12-5-10(8)13-15/h6,9,12H,1-5,7H2,(H,16,17). The van der Waals surface area contributed by atoms with Gasteiger partial charge in [0.05, 0.1) is 24.8 Å². The maximum absolute atomic E-state index is 12.5. The summed E-state index contributed by atoms with van der Waals surface area (Å²) >= 11 is 0. The minimum atomic E-state index is -3.77. The van der Waals surface area contributed by atoms with Crippen LogP contribution in [0.15, 0.2) is 6.20 Å². The molecule has 1 fully saturated rings. The van der Waals surface area contributed by atoms with Crippen LogP contribution in [-0.4, -0.2) is 58.8 Å². The van der Waals surface area contributed by atoms with Crippen LogP contribution in [0.25, 0.3) is 0 Å². The third kappa shape index (κ3) is 2.79. The molecule has 3 heterocycles. The molecule has 1 aromatic heterocycles. The molecule has 0 aliphatic carbocycles. The first-order valence-corrected chi connectivity index (χ1v) is 7.98. The highest BCUT2D eigenvalue weighted by molar-refractivity contribution is 7.87. The van der Waals surface area contributed by atoms with Crippen LogP contribution < -0.4 is 5.32 Å². The molecular weight excluding hydrogens is 300 g/mol. The van der Waals surface area contributed by atoms with Crippen molar-refractivity contribution in [2.75, 3.05) is 19.7 Å². The molecule has 0 amide bonds. The van der Waals surface area contributed by atoms with E-state index in [2.05, 4.69) is 10.4 Å². The van der Waals surface area contributed by atoms with E-state index in [0.717, 1.165) is 15.3 Å². The Hall–Kier alpha value is -1.49. The molecule has 1 unspecified atom stereocenters. The summed E-state index contributed by atoms with van der Waals surface area (Å²) in [6, 6.07) is 0. The molecule has 0 bridgehead atoms. The molecular formula is C11H16N4O5S. The van der Waals surface area contributed by atoms with E-state index in [0.29, 0.717) is 13.1 Å². The number of hydrogen-bond donors (Lipinski definition) is 2. The van der Waals surface area contributed by atoms with Gasteiger partial charge in [-0.05, 0) is 0 Å². The van der Waals surface area contributed by atoms with Gasteiger partial charge in [0.15, 0.2) is 0 Å². The fourth-order valence-electron chi connectivity index (χ4n) is 2.49. The summed E-state index contributed by atoms with van der Waals surface area (Å²) in [6.07, 6.45) is 0.660. The van der Waals surface area contributed by atoms with E-state index in [-0.39, 0.29) is 26.1 Å². The van der Waals surface area contributed by atoms with Gasteiger partial charge in [0.1, 0.15) is 0 Å². The molecule has 2 N–H and O–H groups in total. The number of morpholine rings is 1. The van der Waals surface area contributed by atoms with Crippen molar-refractivity contribution in [3.8, 4) is 0 Å². The molecule has 0 radical (unpaired) electrons. The van der Waals surface area contributed by atoms with Crippen LogP contribution in [0.5, 0.6) is 0 Å². The van der Waals surface area contributed by atoms with E-state index in [1.54, 1.807) is 0 Å². The maximum atomic E-state index is 12.5. The summed E-state index contributed by atoms with van der Waals surface area (Å²) in [4.78, 5) is 10.7. The normalized spacial score (nSPS) is 23.1. The van der Waals surface area contributed by atoms with Crippen molar-refractivity contribution < 1.29 is 23.1 Å². The molecule has 21 heavy (non-hydrogen) atoms. The van der Waals surface area contributed by atoms with Crippen LogP contribution in [0.1, 0.15) is 17.7 Å². The average Bonchev–Trinajstić information content (AvgIpc) is 2.99. The SMILES string of the molecule is O=C(O)CC1CN(S(=O)(=O)n2cc3c(n2)CNC3)CCO1. The van der Waals surface area contributed by atoms with E-state index >= 15 is 0 Å². The number of carbonyl (C=O) groups is 1. The zero-order valence-electron chi connectivity index (χ0n) is 11.2. The molecule has 9 nitrogen and oxygen atoms in total. The minimum Gasteiger partial charge on any atom is -0.481 e. The summed E-state index contributed by atoms with van der Waals surface area (Å²) < 4.78 is 32.5. The van der Waals surface area contributed by atoms with E-state index in [4.69, 9.17) is 9.84 Å². The van der Waals surface area contributed by atoms with Crippen molar-refractivity contribution in [2.24, 2.45) is 0 Å². The smallest absolute Gasteiger partial charge is 0.323 e. The zero-order valence-corrected chi connectivity index (χ0v) is 12.0. The van der Waals surface area contributed by atoms with Crippen LogP contribution in [0, 0.1) is 0 Å². The molecule has 0 aromatic carbocycles. The van der Waals surface area contributed by atoms with Gasteiger partial charge in [-0.2, -0.15) is 21.9 Å². The molecule has 1 aromatic rings. The number of aliphatic carboxylic acids is 1. The Morgan fingerprint density at radius 3 is 3.05 bits per heavy atom. The van der Waals surface area contributed by atoms with Crippen LogP contribution in [0.2, 0.25) is 0 Å². The highest BCUT2D eigenvalue weighted by Crippen LogP contribution is 2.18. The number of hydrogen-bond acceptors (Lipinski definition) is 6. The lowest BCUT2D eigenvalue weighted by molar-refractivity contribution is -0.141. The third-order valence-corrected chi connectivity index (χ3v) is 5.17. The molecule has 116 valence electrons. The first kappa shape index (κ1) is 14.4. The largest absolute Gasteiger partial charge is 0.481 e. The quantitative estimate of drug-likeness (QED) is 0.714. The number of fused-ring (bicyclic) bond motifs is 1. The minimum absolute atomic E-state index is 0.0252. The Kier molecular flexibility index (Phi) is 3.69. The number of nitrogens with one attached hydrogen (secondary N) is 1. The van der Waals surface area contributed by atoms with Gasteiger partial charge in [0.25, 0.3) is 0 Å². The van der Waals surface area contributed by atoms with E-state index in [9.17, 15) is 13.2 Å². The fourth-order valence-corrected chi connectivity index (χ4v) is 3.85. The highest BCUT2D eigenvalue weighted by Gasteiger charge is 2.33. The number of aromatic nitrogens is 2. The molecule has 0 saturated carbocycles. The Morgan fingerprint density at radius 1 is 1.52 bits per heavy atom. The number of carboxylic acid groups (broad SMARTS) is 1. The van der Waals surface area contributed by atoms with E-state index in [1.165, 1.54) is 10.5 Å². The van der Waals surface area contributed by atoms with Crippen molar-refractivity contribution in [1.29, 1.82) is 0 Å². The Bertz CT molecular complexity index is 634. The fraction of sp³-hybridized carbons (Fsp3) is 0.636. The molecule has 1 saturated heterocycles. The Balaban J connectivity index is 1.78. The summed E-state index contributed by atoms with van der Waals surface area (Å²) in [5, 5.41) is 16.0. The van der Waals surface area contributed by atoms with Crippen LogP contribution in [-0.2, 0) is 32.8 Å². The summed E-state index contributed by atoms with van der Waals surface area (Å²) in [6.45, 7) is 1.57. The van der Waals surface area contributed by atoms with Gasteiger partial charge in [0, 0.05) is 37.9 Å². The lowest BCUT2D eigenvalue weighted by Crippen LogP contribution is -2.48. The second-order valence-corrected chi connectivity index (χ2v) is 6.82. The van der Waals surface area contributed by atoms with Crippen LogP contribution >= 0.6 is 0 Å². The molecule has 10 heteroatoms. The van der Waals surface area contributed by atoms with Gasteiger partial charge in [-0.3, -0.25) is 4.79 Å². The van der Waals surface area contributed by atoms with E-state index < -0.39 is 22.3 Å². The molecule has 2 aliphatic heterocycles. The number of ether oxygens (including phenoxy) is 1. The predicted octanol–water partition coefficient (Wildman–Crippen LogP) is -1.25. The average molecular weight is 316 g/mol. The van der Waals surface area contributed by atoms with Crippen molar-refractivity contribution in [3.05, 3.63) is 17.5 Å². The maximum Gasteiger partial charge on any atom is 0.323 e. The van der Waals surface area contributed by atoms with Gasteiger partial charge < -0.3 is 15.2 Å². The number of nitrogens with zero attached hydrogens (tertiary/aromatic N) is 3. The number of carboxylic acids is 1. The summed E-state index contributed by atoms with van der Waals surface area (Å²) in [7, 11) is -3.77. The van der Waals surface area contributed by atoms with Crippen LogP contribution in [0.3, 0.4) is 0 Å². The van der Waals surface area contributed by atoms with Crippen molar-refractivity contribution in [3.63, 3.8) is 0 Å². The van der Waals surface area contributed by atoms with Gasteiger partial charge in [-0.25, -0.2) is 0 Å². The lowest BCUT2D eigenvalue weighted by atomic mass is 10.2. The molecule has 0 spiro atoms. The van der Waals surface area contributed by atoms with Crippen molar-refractivity contribution in [2.45, 2.75) is 25.6 Å².